The minimum absolute atomic E-state index is 0.284. The van der Waals surface area contributed by atoms with Gasteiger partial charge in [-0.25, -0.2) is 9.37 Å². The van der Waals surface area contributed by atoms with Crippen molar-refractivity contribution in [2.45, 2.75) is 0 Å². The molecule has 6 nitrogen and oxygen atoms in total. The van der Waals surface area contributed by atoms with Gasteiger partial charge in [-0.3, -0.25) is 4.79 Å². The van der Waals surface area contributed by atoms with Crippen molar-refractivity contribution in [1.29, 1.82) is 0 Å². The number of nitrogens with zero attached hydrogens (tertiary/aromatic N) is 3. The van der Waals surface area contributed by atoms with Crippen molar-refractivity contribution in [2.75, 3.05) is 11.9 Å². The summed E-state index contributed by atoms with van der Waals surface area (Å²) >= 11 is 3.32. The zero-order chi connectivity index (χ0) is 15.7. The summed E-state index contributed by atoms with van der Waals surface area (Å²) in [5, 5.41) is 15.7. The smallest absolute Gasteiger partial charge is 0.322 e. The van der Waals surface area contributed by atoms with Crippen LogP contribution in [0.15, 0.2) is 41.0 Å². The van der Waals surface area contributed by atoms with Crippen LogP contribution in [0.25, 0.3) is 16.9 Å². The predicted molar refractivity (Wildman–Crippen MR) is 82.2 cm³/mol. The van der Waals surface area contributed by atoms with Crippen molar-refractivity contribution in [3.8, 4) is 11.3 Å². The van der Waals surface area contributed by atoms with E-state index in [1.54, 1.807) is 30.5 Å². The lowest BCUT2D eigenvalue weighted by molar-refractivity contribution is -0.134. The highest BCUT2D eigenvalue weighted by Gasteiger charge is 2.14. The van der Waals surface area contributed by atoms with Crippen LogP contribution < -0.4 is 5.32 Å². The van der Waals surface area contributed by atoms with Gasteiger partial charge in [0.15, 0.2) is 5.65 Å². The highest BCUT2D eigenvalue weighted by Crippen LogP contribution is 2.27. The Morgan fingerprint density at radius 3 is 2.91 bits per heavy atom. The Labute approximate surface area is 132 Å². The minimum Gasteiger partial charge on any atom is -0.480 e. The number of benzene rings is 1. The molecule has 0 atom stereocenters. The fourth-order valence-corrected chi connectivity index (χ4v) is 2.38. The number of aromatic nitrogens is 3. The highest BCUT2D eigenvalue weighted by atomic mass is 79.9. The monoisotopic (exact) mass is 364 g/mol. The normalized spacial score (nSPS) is 10.8. The number of hydrogen-bond acceptors (Lipinski definition) is 4. The molecule has 0 radical (unpaired) electrons. The van der Waals surface area contributed by atoms with Crippen LogP contribution in [-0.4, -0.2) is 32.2 Å². The fourth-order valence-electron chi connectivity index (χ4n) is 2.04. The zero-order valence-corrected chi connectivity index (χ0v) is 12.7. The fraction of sp³-hybridized carbons (Fsp3) is 0.0714. The third kappa shape index (κ3) is 2.64. The van der Waals surface area contributed by atoms with Gasteiger partial charge >= 0.3 is 5.97 Å². The molecular weight excluding hydrogens is 355 g/mol. The first-order valence-corrected chi connectivity index (χ1v) is 7.10. The van der Waals surface area contributed by atoms with Gasteiger partial charge in [-0.15, -0.1) is 0 Å². The van der Waals surface area contributed by atoms with E-state index in [-0.39, 0.29) is 6.54 Å². The van der Waals surface area contributed by atoms with Crippen LogP contribution in [0, 0.1) is 5.82 Å². The SMILES string of the molecule is O=C(O)CNc1cc(-c2ccccc2F)nc2c(Br)cnn12. The Kier molecular flexibility index (Phi) is 3.76. The van der Waals surface area contributed by atoms with Crippen molar-refractivity contribution in [2.24, 2.45) is 0 Å². The number of aliphatic carboxylic acids is 1. The number of carboxylic acids is 1. The van der Waals surface area contributed by atoms with Crippen molar-refractivity contribution in [3.05, 3.63) is 46.8 Å². The third-order valence-electron chi connectivity index (χ3n) is 3.00. The summed E-state index contributed by atoms with van der Waals surface area (Å²) in [6.45, 7) is -0.284. The Morgan fingerprint density at radius 1 is 1.41 bits per heavy atom. The van der Waals surface area contributed by atoms with Crippen molar-refractivity contribution < 1.29 is 14.3 Å². The summed E-state index contributed by atoms with van der Waals surface area (Å²) in [4.78, 5) is 15.1. The maximum absolute atomic E-state index is 14.0. The first-order valence-electron chi connectivity index (χ1n) is 6.31. The molecule has 22 heavy (non-hydrogen) atoms. The van der Waals surface area contributed by atoms with E-state index in [1.165, 1.54) is 10.6 Å². The van der Waals surface area contributed by atoms with Crippen LogP contribution in [0.4, 0.5) is 10.2 Å². The second-order valence-electron chi connectivity index (χ2n) is 4.48. The van der Waals surface area contributed by atoms with E-state index in [9.17, 15) is 9.18 Å². The molecule has 2 aromatic heterocycles. The van der Waals surface area contributed by atoms with Gasteiger partial charge < -0.3 is 10.4 Å². The number of fused-ring (bicyclic) bond motifs is 1. The second-order valence-corrected chi connectivity index (χ2v) is 5.34. The molecule has 0 aliphatic rings. The first kappa shape index (κ1) is 14.5. The average Bonchev–Trinajstić information content (AvgIpc) is 2.87. The minimum atomic E-state index is -1.01. The Balaban J connectivity index is 2.17. The molecule has 2 N–H and O–H groups in total. The predicted octanol–water partition coefficient (Wildman–Crippen LogP) is 2.79. The summed E-state index contributed by atoms with van der Waals surface area (Å²) < 4.78 is 16.0. The van der Waals surface area contributed by atoms with Gasteiger partial charge in [0.05, 0.1) is 16.4 Å². The molecule has 0 spiro atoms. The Bertz CT molecular complexity index is 865. The maximum atomic E-state index is 14.0. The summed E-state index contributed by atoms with van der Waals surface area (Å²) in [5.74, 6) is -1.00. The molecule has 3 aromatic rings. The van der Waals surface area contributed by atoms with Gasteiger partial charge in [0.1, 0.15) is 18.2 Å². The van der Waals surface area contributed by atoms with E-state index in [1.807, 2.05) is 0 Å². The van der Waals surface area contributed by atoms with E-state index in [2.05, 4.69) is 31.3 Å². The second kappa shape index (κ2) is 5.72. The quantitative estimate of drug-likeness (QED) is 0.743. The van der Waals surface area contributed by atoms with Crippen LogP contribution in [0.5, 0.6) is 0 Å². The largest absolute Gasteiger partial charge is 0.480 e. The molecule has 8 heteroatoms. The molecule has 2 heterocycles. The molecule has 0 saturated heterocycles. The number of anilines is 1. The number of halogens is 2. The van der Waals surface area contributed by atoms with Crippen LogP contribution in [0.1, 0.15) is 0 Å². The Hall–Kier alpha value is -2.48. The maximum Gasteiger partial charge on any atom is 0.322 e. The zero-order valence-electron chi connectivity index (χ0n) is 11.1. The van der Waals surface area contributed by atoms with Crippen LogP contribution in [-0.2, 0) is 4.79 Å². The van der Waals surface area contributed by atoms with E-state index < -0.39 is 11.8 Å². The van der Waals surface area contributed by atoms with Crippen LogP contribution in [0.2, 0.25) is 0 Å². The molecular formula is C14H10BrFN4O2. The van der Waals surface area contributed by atoms with Gasteiger partial charge in [-0.1, -0.05) is 12.1 Å². The van der Waals surface area contributed by atoms with Crippen molar-refractivity contribution in [3.63, 3.8) is 0 Å². The molecule has 0 saturated carbocycles. The van der Waals surface area contributed by atoms with E-state index in [0.29, 0.717) is 27.2 Å². The summed E-state index contributed by atoms with van der Waals surface area (Å²) in [5.41, 5.74) is 1.19. The molecule has 112 valence electrons. The summed E-state index contributed by atoms with van der Waals surface area (Å²) in [6.07, 6.45) is 1.54. The number of hydrogen-bond donors (Lipinski definition) is 2. The first-order chi connectivity index (χ1) is 10.6. The molecule has 0 aliphatic carbocycles. The number of rotatable bonds is 4. The molecule has 0 unspecified atom stereocenters. The number of carbonyl (C=O) groups is 1. The van der Waals surface area contributed by atoms with Crippen molar-refractivity contribution >= 4 is 33.4 Å². The van der Waals surface area contributed by atoms with Gasteiger partial charge in [0.25, 0.3) is 0 Å². The highest BCUT2D eigenvalue weighted by molar-refractivity contribution is 9.10. The lowest BCUT2D eigenvalue weighted by Gasteiger charge is -2.10. The lowest BCUT2D eigenvalue weighted by atomic mass is 10.1. The topological polar surface area (TPSA) is 79.5 Å². The molecule has 0 amide bonds. The Morgan fingerprint density at radius 2 is 2.18 bits per heavy atom. The molecule has 0 bridgehead atoms. The van der Waals surface area contributed by atoms with Crippen LogP contribution in [0.3, 0.4) is 0 Å². The number of carboxylic acid groups (broad SMARTS) is 1. The molecule has 0 aliphatic heterocycles. The third-order valence-corrected chi connectivity index (χ3v) is 3.56. The van der Waals surface area contributed by atoms with Crippen molar-refractivity contribution in [1.82, 2.24) is 14.6 Å². The average molecular weight is 365 g/mol. The van der Waals surface area contributed by atoms with Gasteiger partial charge in [-0.2, -0.15) is 9.61 Å². The van der Waals surface area contributed by atoms with Gasteiger partial charge in [0.2, 0.25) is 0 Å². The standard InChI is InChI=1S/C14H10BrFN4O2/c15-9-6-18-20-12(17-7-13(21)22)5-11(19-14(9)20)8-3-1-2-4-10(8)16/h1-6,17H,7H2,(H,21,22). The van der Waals surface area contributed by atoms with Gasteiger partial charge in [-0.05, 0) is 28.1 Å². The van der Waals surface area contributed by atoms with Gasteiger partial charge in [0, 0.05) is 11.6 Å². The number of nitrogens with one attached hydrogen (secondary N) is 1. The van der Waals surface area contributed by atoms with E-state index >= 15 is 0 Å². The van der Waals surface area contributed by atoms with E-state index in [0.717, 1.165) is 0 Å². The molecule has 1 aromatic carbocycles. The van der Waals surface area contributed by atoms with E-state index in [4.69, 9.17) is 5.11 Å². The summed E-state index contributed by atoms with van der Waals surface area (Å²) in [6, 6.07) is 7.82. The molecule has 0 fully saturated rings. The van der Waals surface area contributed by atoms with Crippen LogP contribution >= 0.6 is 15.9 Å². The lowest BCUT2D eigenvalue weighted by Crippen LogP contribution is -2.15. The summed E-state index contributed by atoms with van der Waals surface area (Å²) in [7, 11) is 0. The molecule has 3 rings (SSSR count).